The first kappa shape index (κ1) is 15.1. The molecule has 0 aromatic heterocycles. The van der Waals surface area contributed by atoms with E-state index in [0.29, 0.717) is 0 Å². The van der Waals surface area contributed by atoms with Crippen molar-refractivity contribution in [3.05, 3.63) is 18.2 Å². The van der Waals surface area contributed by atoms with Gasteiger partial charge >= 0.3 is 0 Å². The van der Waals surface area contributed by atoms with E-state index in [2.05, 4.69) is 10.0 Å². The standard InChI is InChI=1S/C13H21N3O3S/c1-15-20(18,19)13-7-6-9(8-10(13)14)16-11-4-2-3-5-12(11)17/h6-8,11-12,15-17H,2-5,14H2,1H3. The van der Waals surface area contributed by atoms with Gasteiger partial charge in [0.25, 0.3) is 0 Å². The summed E-state index contributed by atoms with van der Waals surface area (Å²) >= 11 is 0. The van der Waals surface area contributed by atoms with Crippen molar-refractivity contribution in [3.8, 4) is 0 Å². The number of hydrogen-bond acceptors (Lipinski definition) is 5. The number of benzene rings is 1. The van der Waals surface area contributed by atoms with Gasteiger partial charge in [0.15, 0.2) is 0 Å². The zero-order chi connectivity index (χ0) is 14.8. The number of hydrogen-bond donors (Lipinski definition) is 4. The molecule has 5 N–H and O–H groups in total. The van der Waals surface area contributed by atoms with Gasteiger partial charge in [-0.25, -0.2) is 13.1 Å². The molecule has 2 rings (SSSR count). The lowest BCUT2D eigenvalue weighted by molar-refractivity contribution is 0.116. The summed E-state index contributed by atoms with van der Waals surface area (Å²) < 4.78 is 25.7. The van der Waals surface area contributed by atoms with Crippen LogP contribution in [0.3, 0.4) is 0 Å². The molecular formula is C13H21N3O3S. The van der Waals surface area contributed by atoms with E-state index in [1.54, 1.807) is 12.1 Å². The minimum atomic E-state index is -3.54. The van der Waals surface area contributed by atoms with Gasteiger partial charge in [-0.2, -0.15) is 0 Å². The Labute approximate surface area is 119 Å². The van der Waals surface area contributed by atoms with Crippen molar-refractivity contribution in [2.45, 2.75) is 42.7 Å². The van der Waals surface area contributed by atoms with Crippen LogP contribution in [-0.4, -0.2) is 32.7 Å². The van der Waals surface area contributed by atoms with Crippen LogP contribution in [0.2, 0.25) is 0 Å². The van der Waals surface area contributed by atoms with Crippen molar-refractivity contribution in [2.75, 3.05) is 18.1 Å². The molecular weight excluding hydrogens is 278 g/mol. The number of nitrogen functional groups attached to an aromatic ring is 1. The fourth-order valence-corrected chi connectivity index (χ4v) is 3.32. The topological polar surface area (TPSA) is 104 Å². The lowest BCUT2D eigenvalue weighted by Gasteiger charge is -2.29. The van der Waals surface area contributed by atoms with E-state index < -0.39 is 10.0 Å². The Kier molecular flexibility index (Phi) is 4.52. The van der Waals surface area contributed by atoms with Crippen molar-refractivity contribution in [1.82, 2.24) is 4.72 Å². The second kappa shape index (κ2) is 5.99. The molecule has 0 saturated heterocycles. The van der Waals surface area contributed by atoms with E-state index in [1.807, 2.05) is 0 Å². The highest BCUT2D eigenvalue weighted by Gasteiger charge is 2.23. The van der Waals surface area contributed by atoms with Gasteiger partial charge in [0.05, 0.1) is 17.8 Å². The Hall–Kier alpha value is -1.31. The van der Waals surface area contributed by atoms with E-state index in [0.717, 1.165) is 31.4 Å². The maximum atomic E-state index is 11.7. The molecule has 0 amide bonds. The van der Waals surface area contributed by atoms with Gasteiger partial charge in [0.2, 0.25) is 10.0 Å². The molecule has 0 spiro atoms. The van der Waals surface area contributed by atoms with Crippen LogP contribution < -0.4 is 15.8 Å². The summed E-state index contributed by atoms with van der Waals surface area (Å²) in [6.45, 7) is 0. The molecule has 6 nitrogen and oxygen atoms in total. The van der Waals surface area contributed by atoms with Crippen LogP contribution in [-0.2, 0) is 10.0 Å². The van der Waals surface area contributed by atoms with Crippen LogP contribution in [0.25, 0.3) is 0 Å². The fraction of sp³-hybridized carbons (Fsp3) is 0.538. The number of anilines is 2. The molecule has 2 atom stereocenters. The average Bonchev–Trinajstić information content (AvgIpc) is 2.41. The third-order valence-electron chi connectivity index (χ3n) is 3.65. The van der Waals surface area contributed by atoms with Gasteiger partial charge < -0.3 is 16.2 Å². The Morgan fingerprint density at radius 2 is 2.00 bits per heavy atom. The smallest absolute Gasteiger partial charge is 0.242 e. The largest absolute Gasteiger partial charge is 0.398 e. The zero-order valence-electron chi connectivity index (χ0n) is 11.5. The molecule has 0 aliphatic heterocycles. The molecule has 0 radical (unpaired) electrons. The van der Waals surface area contributed by atoms with Crippen molar-refractivity contribution in [3.63, 3.8) is 0 Å². The molecule has 0 bridgehead atoms. The summed E-state index contributed by atoms with van der Waals surface area (Å²) in [6.07, 6.45) is 3.44. The summed E-state index contributed by atoms with van der Waals surface area (Å²) in [5.41, 5.74) is 6.72. The quantitative estimate of drug-likeness (QED) is 0.618. The molecule has 1 fully saturated rings. The predicted molar refractivity (Wildman–Crippen MR) is 79.0 cm³/mol. The number of sulfonamides is 1. The maximum absolute atomic E-state index is 11.7. The van der Waals surface area contributed by atoms with Crippen LogP contribution in [0.1, 0.15) is 25.7 Å². The monoisotopic (exact) mass is 299 g/mol. The van der Waals surface area contributed by atoms with Crippen molar-refractivity contribution >= 4 is 21.4 Å². The van der Waals surface area contributed by atoms with Gasteiger partial charge in [0.1, 0.15) is 4.90 Å². The minimum Gasteiger partial charge on any atom is -0.398 e. The molecule has 1 saturated carbocycles. The summed E-state index contributed by atoms with van der Waals surface area (Å²) in [5.74, 6) is 0. The molecule has 20 heavy (non-hydrogen) atoms. The number of aliphatic hydroxyl groups excluding tert-OH is 1. The molecule has 7 heteroatoms. The Balaban J connectivity index is 2.17. The molecule has 1 aliphatic rings. The SMILES string of the molecule is CNS(=O)(=O)c1ccc(NC2CCCCC2O)cc1N. The summed E-state index contributed by atoms with van der Waals surface area (Å²) in [7, 11) is -2.20. The average molecular weight is 299 g/mol. The highest BCUT2D eigenvalue weighted by atomic mass is 32.2. The first-order valence-corrected chi connectivity index (χ1v) is 8.20. The van der Waals surface area contributed by atoms with Gasteiger partial charge in [-0.1, -0.05) is 12.8 Å². The second-order valence-electron chi connectivity index (χ2n) is 5.06. The Morgan fingerprint density at radius 1 is 1.30 bits per heavy atom. The normalized spacial score (nSPS) is 23.5. The first-order valence-electron chi connectivity index (χ1n) is 6.71. The molecule has 1 aliphatic carbocycles. The summed E-state index contributed by atoms with van der Waals surface area (Å²) in [4.78, 5) is 0.0646. The summed E-state index contributed by atoms with van der Waals surface area (Å²) in [5, 5.41) is 13.1. The van der Waals surface area contributed by atoms with E-state index in [4.69, 9.17) is 5.73 Å². The van der Waals surface area contributed by atoms with E-state index in [-0.39, 0.29) is 22.7 Å². The number of nitrogens with two attached hydrogens (primary N) is 1. The molecule has 112 valence electrons. The first-order chi connectivity index (χ1) is 9.44. The summed E-state index contributed by atoms with van der Waals surface area (Å²) in [6, 6.07) is 4.72. The van der Waals surface area contributed by atoms with Crippen LogP contribution in [0.5, 0.6) is 0 Å². The van der Waals surface area contributed by atoms with Crippen LogP contribution >= 0.6 is 0 Å². The zero-order valence-corrected chi connectivity index (χ0v) is 12.3. The fourth-order valence-electron chi connectivity index (χ4n) is 2.49. The molecule has 1 aromatic rings. The molecule has 0 heterocycles. The number of nitrogens with one attached hydrogen (secondary N) is 2. The highest BCUT2D eigenvalue weighted by molar-refractivity contribution is 7.89. The van der Waals surface area contributed by atoms with Gasteiger partial charge in [0, 0.05) is 5.69 Å². The van der Waals surface area contributed by atoms with Crippen LogP contribution in [0.4, 0.5) is 11.4 Å². The van der Waals surface area contributed by atoms with Crippen LogP contribution in [0.15, 0.2) is 23.1 Å². The Morgan fingerprint density at radius 3 is 2.60 bits per heavy atom. The predicted octanol–water partition coefficient (Wildman–Crippen LogP) is 0.892. The van der Waals surface area contributed by atoms with E-state index in [9.17, 15) is 13.5 Å². The third-order valence-corrected chi connectivity index (χ3v) is 5.14. The van der Waals surface area contributed by atoms with E-state index >= 15 is 0 Å². The molecule has 1 aromatic carbocycles. The van der Waals surface area contributed by atoms with Crippen LogP contribution in [0, 0.1) is 0 Å². The van der Waals surface area contributed by atoms with E-state index in [1.165, 1.54) is 13.1 Å². The van der Waals surface area contributed by atoms with Gasteiger partial charge in [-0.3, -0.25) is 0 Å². The highest BCUT2D eigenvalue weighted by Crippen LogP contribution is 2.26. The Bertz CT molecular complexity index is 574. The maximum Gasteiger partial charge on any atom is 0.242 e. The minimum absolute atomic E-state index is 0.00472. The van der Waals surface area contributed by atoms with Gasteiger partial charge in [-0.05, 0) is 38.1 Å². The lowest BCUT2D eigenvalue weighted by Crippen LogP contribution is -2.36. The third kappa shape index (κ3) is 3.23. The van der Waals surface area contributed by atoms with Crippen molar-refractivity contribution in [1.29, 1.82) is 0 Å². The second-order valence-corrected chi connectivity index (χ2v) is 6.92. The van der Waals surface area contributed by atoms with Gasteiger partial charge in [-0.15, -0.1) is 0 Å². The number of rotatable bonds is 4. The number of aliphatic hydroxyl groups is 1. The van der Waals surface area contributed by atoms with Crippen molar-refractivity contribution < 1.29 is 13.5 Å². The molecule has 2 unspecified atom stereocenters. The lowest BCUT2D eigenvalue weighted by atomic mass is 9.92. The van der Waals surface area contributed by atoms with Crippen molar-refractivity contribution in [2.24, 2.45) is 0 Å².